The fraction of sp³-hybridized carbons (Fsp3) is 0.0625. The summed E-state index contributed by atoms with van der Waals surface area (Å²) in [6, 6.07) is 12.4. The van der Waals surface area contributed by atoms with Crippen LogP contribution in [-0.2, 0) is 21.4 Å². The average Bonchev–Trinajstić information content (AvgIpc) is 3.08. The summed E-state index contributed by atoms with van der Waals surface area (Å²) < 4.78 is 33.4. The van der Waals surface area contributed by atoms with Crippen molar-refractivity contribution in [2.45, 2.75) is 11.5 Å². The van der Waals surface area contributed by atoms with Crippen molar-refractivity contribution in [1.29, 1.82) is 0 Å². The first kappa shape index (κ1) is 18.2. The number of aromatic nitrogens is 2. The summed E-state index contributed by atoms with van der Waals surface area (Å²) in [5.41, 5.74) is 0.920. The molecule has 0 radical (unpaired) electrons. The van der Waals surface area contributed by atoms with Crippen LogP contribution < -0.4 is 5.14 Å². The molecule has 0 aliphatic rings. The monoisotopic (exact) mass is 437 g/mol. The normalized spacial score (nSPS) is 11.3. The third kappa shape index (κ3) is 4.34. The van der Waals surface area contributed by atoms with Crippen molar-refractivity contribution in [3.63, 3.8) is 0 Å². The Morgan fingerprint density at radius 2 is 1.92 bits per heavy atom. The Bertz CT molecular complexity index is 1050. The molecule has 1 heterocycles. The summed E-state index contributed by atoms with van der Waals surface area (Å²) >= 11 is 3.36. The van der Waals surface area contributed by atoms with Gasteiger partial charge in [0.05, 0.1) is 10.5 Å². The number of hydrogen-bond acceptors (Lipinski definition) is 7. The minimum absolute atomic E-state index is 0.0929. The molecule has 0 aliphatic heterocycles. The Morgan fingerprint density at radius 3 is 2.58 bits per heavy atom. The van der Waals surface area contributed by atoms with E-state index in [4.69, 9.17) is 14.4 Å². The molecule has 3 rings (SSSR count). The van der Waals surface area contributed by atoms with Gasteiger partial charge in [-0.2, -0.15) is 4.98 Å². The molecule has 26 heavy (non-hydrogen) atoms. The molecule has 8 nitrogen and oxygen atoms in total. The Kier molecular flexibility index (Phi) is 5.16. The quantitative estimate of drug-likeness (QED) is 0.607. The third-order valence-corrected chi connectivity index (χ3v) is 4.72. The zero-order valence-corrected chi connectivity index (χ0v) is 15.5. The minimum atomic E-state index is -3.82. The highest BCUT2D eigenvalue weighted by Crippen LogP contribution is 2.20. The SMILES string of the molecule is NS(=O)(=O)c1ccc(C(=O)OCc2nc(-c3cccc(Br)c3)no2)cc1. The van der Waals surface area contributed by atoms with Crippen LogP contribution in [0.5, 0.6) is 0 Å². The number of halogens is 1. The number of ether oxygens (including phenoxy) is 1. The summed E-state index contributed by atoms with van der Waals surface area (Å²) in [6.45, 7) is -0.212. The van der Waals surface area contributed by atoms with Crippen LogP contribution in [0.25, 0.3) is 11.4 Å². The highest BCUT2D eigenvalue weighted by atomic mass is 79.9. The Hall–Kier alpha value is -2.56. The van der Waals surface area contributed by atoms with E-state index >= 15 is 0 Å². The molecule has 0 aliphatic carbocycles. The van der Waals surface area contributed by atoms with Crippen molar-refractivity contribution >= 4 is 31.9 Å². The molecule has 0 unspecified atom stereocenters. The van der Waals surface area contributed by atoms with Crippen LogP contribution in [0.2, 0.25) is 0 Å². The van der Waals surface area contributed by atoms with Crippen molar-refractivity contribution in [2.24, 2.45) is 5.14 Å². The molecule has 0 bridgehead atoms. The van der Waals surface area contributed by atoms with E-state index < -0.39 is 16.0 Å². The minimum Gasteiger partial charge on any atom is -0.452 e. The van der Waals surface area contributed by atoms with Crippen LogP contribution >= 0.6 is 15.9 Å². The number of nitrogens with two attached hydrogens (primary N) is 1. The molecule has 0 saturated heterocycles. The van der Waals surface area contributed by atoms with E-state index in [1.807, 2.05) is 24.3 Å². The van der Waals surface area contributed by atoms with Crippen molar-refractivity contribution in [3.05, 3.63) is 64.5 Å². The number of esters is 1. The van der Waals surface area contributed by atoms with Gasteiger partial charge >= 0.3 is 5.97 Å². The van der Waals surface area contributed by atoms with Crippen molar-refractivity contribution in [2.75, 3.05) is 0 Å². The number of primary sulfonamides is 1. The average molecular weight is 438 g/mol. The van der Waals surface area contributed by atoms with Gasteiger partial charge in [-0.05, 0) is 36.4 Å². The van der Waals surface area contributed by atoms with E-state index in [-0.39, 0.29) is 23.0 Å². The predicted molar refractivity (Wildman–Crippen MR) is 94.4 cm³/mol. The number of benzene rings is 2. The van der Waals surface area contributed by atoms with E-state index in [9.17, 15) is 13.2 Å². The summed E-state index contributed by atoms with van der Waals surface area (Å²) in [5.74, 6) is -0.155. The number of carbonyl (C=O) groups excluding carboxylic acids is 1. The Labute approximate surface area is 157 Å². The third-order valence-electron chi connectivity index (χ3n) is 3.30. The van der Waals surface area contributed by atoms with Gasteiger partial charge in [0, 0.05) is 10.0 Å². The molecule has 2 aromatic carbocycles. The van der Waals surface area contributed by atoms with Gasteiger partial charge in [0.2, 0.25) is 15.8 Å². The first-order chi connectivity index (χ1) is 12.3. The summed E-state index contributed by atoms with van der Waals surface area (Å²) in [4.78, 5) is 16.1. The van der Waals surface area contributed by atoms with Gasteiger partial charge in [0.25, 0.3) is 5.89 Å². The predicted octanol–water partition coefficient (Wildman–Crippen LogP) is 2.50. The molecular formula is C16H12BrN3O5S. The highest BCUT2D eigenvalue weighted by molar-refractivity contribution is 9.10. The number of nitrogens with zero attached hydrogens (tertiary/aromatic N) is 2. The molecule has 134 valence electrons. The van der Waals surface area contributed by atoms with Crippen LogP contribution in [0, 0.1) is 0 Å². The van der Waals surface area contributed by atoms with Crippen molar-refractivity contribution in [3.8, 4) is 11.4 Å². The van der Waals surface area contributed by atoms with Gasteiger partial charge < -0.3 is 9.26 Å². The van der Waals surface area contributed by atoms with Crippen molar-refractivity contribution in [1.82, 2.24) is 10.1 Å². The molecule has 0 saturated carbocycles. The lowest BCUT2D eigenvalue weighted by molar-refractivity contribution is 0.0429. The second-order valence-electron chi connectivity index (χ2n) is 5.17. The number of carbonyl (C=O) groups is 1. The number of hydrogen-bond donors (Lipinski definition) is 1. The van der Waals surface area contributed by atoms with Crippen LogP contribution in [0.15, 0.2) is 62.4 Å². The van der Waals surface area contributed by atoms with Gasteiger partial charge in [-0.1, -0.05) is 33.2 Å². The lowest BCUT2D eigenvalue weighted by Crippen LogP contribution is -2.12. The maximum absolute atomic E-state index is 12.0. The summed E-state index contributed by atoms with van der Waals surface area (Å²) in [5, 5.41) is 8.84. The van der Waals surface area contributed by atoms with Gasteiger partial charge in [-0.3, -0.25) is 0 Å². The first-order valence-corrected chi connectivity index (χ1v) is 9.55. The van der Waals surface area contributed by atoms with Gasteiger partial charge in [0.15, 0.2) is 6.61 Å². The topological polar surface area (TPSA) is 125 Å². The smallest absolute Gasteiger partial charge is 0.338 e. The van der Waals surface area contributed by atoms with Crippen LogP contribution in [0.3, 0.4) is 0 Å². The van der Waals surface area contributed by atoms with E-state index in [1.165, 1.54) is 24.3 Å². The summed E-state index contributed by atoms with van der Waals surface area (Å²) in [7, 11) is -3.82. The standard InChI is InChI=1S/C16H12BrN3O5S/c17-12-3-1-2-11(8-12)15-19-14(25-20-15)9-24-16(21)10-4-6-13(7-5-10)26(18,22)23/h1-8H,9H2,(H2,18,22,23). The molecule has 0 fully saturated rings. The largest absolute Gasteiger partial charge is 0.452 e. The second kappa shape index (κ2) is 7.36. The second-order valence-corrected chi connectivity index (χ2v) is 7.64. The van der Waals surface area contributed by atoms with Crippen LogP contribution in [-0.4, -0.2) is 24.5 Å². The van der Waals surface area contributed by atoms with E-state index in [0.717, 1.165) is 10.0 Å². The highest BCUT2D eigenvalue weighted by Gasteiger charge is 2.14. The molecule has 0 spiro atoms. The van der Waals surface area contributed by atoms with E-state index in [2.05, 4.69) is 26.1 Å². The maximum atomic E-state index is 12.0. The number of rotatable bonds is 5. The molecule has 2 N–H and O–H groups in total. The van der Waals surface area contributed by atoms with Gasteiger partial charge in [-0.15, -0.1) is 0 Å². The zero-order chi connectivity index (χ0) is 18.7. The molecule has 10 heteroatoms. The zero-order valence-electron chi connectivity index (χ0n) is 13.1. The van der Waals surface area contributed by atoms with Gasteiger partial charge in [-0.25, -0.2) is 18.4 Å². The molecule has 0 amide bonds. The Balaban J connectivity index is 1.65. The summed E-state index contributed by atoms with van der Waals surface area (Å²) in [6.07, 6.45) is 0. The molecule has 3 aromatic rings. The van der Waals surface area contributed by atoms with E-state index in [0.29, 0.717) is 5.82 Å². The fourth-order valence-corrected chi connectivity index (χ4v) is 2.96. The maximum Gasteiger partial charge on any atom is 0.338 e. The Morgan fingerprint density at radius 1 is 1.19 bits per heavy atom. The van der Waals surface area contributed by atoms with Crippen LogP contribution in [0.4, 0.5) is 0 Å². The lowest BCUT2D eigenvalue weighted by Gasteiger charge is -2.03. The van der Waals surface area contributed by atoms with Gasteiger partial charge in [0.1, 0.15) is 0 Å². The van der Waals surface area contributed by atoms with E-state index in [1.54, 1.807) is 0 Å². The lowest BCUT2D eigenvalue weighted by atomic mass is 10.2. The molecule has 1 aromatic heterocycles. The molecular weight excluding hydrogens is 426 g/mol. The van der Waals surface area contributed by atoms with Crippen molar-refractivity contribution < 1.29 is 22.5 Å². The fourth-order valence-electron chi connectivity index (χ4n) is 2.05. The number of sulfonamides is 1. The first-order valence-electron chi connectivity index (χ1n) is 7.21. The molecule has 0 atom stereocenters. The van der Waals surface area contributed by atoms with Crippen LogP contribution in [0.1, 0.15) is 16.2 Å².